The second-order valence-corrected chi connectivity index (χ2v) is 6.97. The van der Waals surface area contributed by atoms with E-state index in [4.69, 9.17) is 11.5 Å². The number of nitrogens with one attached hydrogen (secondary N) is 1. The number of rotatable bonds is 6. The Kier molecular flexibility index (Phi) is 9.89. The third-order valence-electron chi connectivity index (χ3n) is 4.61. The number of aromatic nitrogens is 2. The average molecular weight is 508 g/mol. The molecule has 1 amide bonds. The number of anilines is 1. The number of nitrogens with two attached hydrogens (primary N) is 2. The Hall–Kier alpha value is -4.27. The molecule has 0 fully saturated rings. The highest BCUT2D eigenvalue weighted by Crippen LogP contribution is 2.19. The molecule has 4 aromatic rings. The quantitative estimate of drug-likeness (QED) is 0.258. The summed E-state index contributed by atoms with van der Waals surface area (Å²) in [7, 11) is 0. The van der Waals surface area contributed by atoms with Gasteiger partial charge in [-0.15, -0.1) is 24.8 Å². The van der Waals surface area contributed by atoms with Gasteiger partial charge in [-0.3, -0.25) is 14.8 Å². The molecule has 2 heterocycles. The van der Waals surface area contributed by atoms with Gasteiger partial charge in [0.05, 0.1) is 11.4 Å². The van der Waals surface area contributed by atoms with Gasteiger partial charge in [0.25, 0.3) is 5.91 Å². The van der Waals surface area contributed by atoms with Crippen LogP contribution in [0.5, 0.6) is 0 Å². The van der Waals surface area contributed by atoms with Crippen molar-refractivity contribution < 1.29 is 4.79 Å². The number of aliphatic imine (C=N–C) groups is 2. The van der Waals surface area contributed by atoms with E-state index in [1.807, 2.05) is 24.3 Å². The predicted molar refractivity (Wildman–Crippen MR) is 145 cm³/mol. The number of hydrogen-bond donors (Lipinski definition) is 3. The van der Waals surface area contributed by atoms with E-state index in [1.165, 1.54) is 0 Å². The Bertz CT molecular complexity index is 1300. The van der Waals surface area contributed by atoms with Crippen LogP contribution in [0.4, 0.5) is 17.1 Å². The van der Waals surface area contributed by atoms with E-state index in [0.29, 0.717) is 45.7 Å². The Balaban J connectivity index is 0.00000216. The predicted octanol–water partition coefficient (Wildman–Crippen LogP) is 4.65. The molecule has 0 radical (unpaired) electrons. The lowest BCUT2D eigenvalue weighted by atomic mass is 10.2. The molecule has 0 atom stereocenters. The minimum Gasteiger partial charge on any atom is -0.382 e. The first-order valence-electron chi connectivity index (χ1n) is 10.1. The van der Waals surface area contributed by atoms with Crippen LogP contribution in [-0.4, -0.2) is 27.5 Å². The van der Waals surface area contributed by atoms with Gasteiger partial charge in [0, 0.05) is 23.6 Å². The van der Waals surface area contributed by atoms with Crippen molar-refractivity contribution in [2.75, 3.05) is 5.32 Å². The maximum absolute atomic E-state index is 12.6. The lowest BCUT2D eigenvalue weighted by Crippen LogP contribution is -2.14. The van der Waals surface area contributed by atoms with Crippen molar-refractivity contribution in [3.8, 4) is 0 Å². The van der Waals surface area contributed by atoms with Crippen molar-refractivity contribution in [3.05, 3.63) is 114 Å². The summed E-state index contributed by atoms with van der Waals surface area (Å²) in [5.41, 5.74) is 15.6. The number of benzene rings is 2. The second-order valence-electron chi connectivity index (χ2n) is 6.97. The van der Waals surface area contributed by atoms with Gasteiger partial charge < -0.3 is 16.8 Å². The summed E-state index contributed by atoms with van der Waals surface area (Å²) in [4.78, 5) is 29.6. The molecule has 8 nitrogen and oxygen atoms in total. The molecule has 5 N–H and O–H groups in total. The Morgan fingerprint density at radius 3 is 1.54 bits per heavy atom. The van der Waals surface area contributed by atoms with Crippen LogP contribution in [0.1, 0.15) is 21.7 Å². The monoisotopic (exact) mass is 507 g/mol. The molecule has 2 aromatic heterocycles. The van der Waals surface area contributed by atoms with Crippen LogP contribution in [0.2, 0.25) is 0 Å². The summed E-state index contributed by atoms with van der Waals surface area (Å²) >= 11 is 0. The Morgan fingerprint density at radius 2 is 1.11 bits per heavy atom. The lowest BCUT2D eigenvalue weighted by Gasteiger charge is -2.06. The molecule has 0 bridgehead atoms. The number of carbonyl (C=O) groups is 1. The van der Waals surface area contributed by atoms with Crippen molar-refractivity contribution in [2.24, 2.45) is 21.5 Å². The lowest BCUT2D eigenvalue weighted by molar-refractivity contribution is 0.102. The fraction of sp³-hybridized carbons (Fsp3) is 0. The Labute approximate surface area is 215 Å². The van der Waals surface area contributed by atoms with Gasteiger partial charge in [0.2, 0.25) is 0 Å². The number of carbonyl (C=O) groups excluding carboxylic acids is 1. The standard InChI is InChI=1S/C25H21N7O.2ClH/c26-23(21-5-1-3-15-28-21)30-18-9-7-17(8-10-18)25(33)32-20-13-11-19(12-14-20)31-24(27)22-6-2-4-16-29-22;;/h1-16H,(H2,26,30)(H2,27,31)(H,32,33);2*1H. The molecule has 35 heavy (non-hydrogen) atoms. The maximum atomic E-state index is 12.6. The molecule has 0 saturated heterocycles. The number of amidine groups is 2. The number of halogens is 2. The first-order chi connectivity index (χ1) is 16.1. The number of pyridine rings is 2. The molecule has 0 aliphatic carbocycles. The minimum atomic E-state index is -0.243. The normalized spacial score (nSPS) is 11.1. The zero-order valence-corrected chi connectivity index (χ0v) is 20.0. The molecule has 10 heteroatoms. The van der Waals surface area contributed by atoms with Gasteiger partial charge in [-0.2, -0.15) is 0 Å². The molecule has 4 rings (SSSR count). The van der Waals surface area contributed by atoms with E-state index in [1.54, 1.807) is 73.1 Å². The zero-order valence-electron chi connectivity index (χ0n) is 18.4. The number of hydrogen-bond acceptors (Lipinski definition) is 5. The fourth-order valence-electron chi connectivity index (χ4n) is 2.93. The van der Waals surface area contributed by atoms with E-state index in [0.717, 1.165) is 0 Å². The third kappa shape index (κ3) is 7.36. The van der Waals surface area contributed by atoms with Crippen molar-refractivity contribution in [2.45, 2.75) is 0 Å². The smallest absolute Gasteiger partial charge is 0.255 e. The number of amides is 1. The van der Waals surface area contributed by atoms with E-state index in [-0.39, 0.29) is 30.7 Å². The maximum Gasteiger partial charge on any atom is 0.255 e. The summed E-state index contributed by atoms with van der Waals surface area (Å²) in [6.45, 7) is 0. The van der Waals surface area contributed by atoms with Crippen LogP contribution in [-0.2, 0) is 0 Å². The molecule has 178 valence electrons. The van der Waals surface area contributed by atoms with Crippen LogP contribution in [0.3, 0.4) is 0 Å². The van der Waals surface area contributed by atoms with Gasteiger partial charge in [0.15, 0.2) is 0 Å². The van der Waals surface area contributed by atoms with Gasteiger partial charge in [0.1, 0.15) is 23.1 Å². The average Bonchev–Trinajstić information content (AvgIpc) is 2.86. The van der Waals surface area contributed by atoms with E-state index in [9.17, 15) is 4.79 Å². The molecule has 0 aliphatic heterocycles. The van der Waals surface area contributed by atoms with Gasteiger partial charge >= 0.3 is 0 Å². The zero-order chi connectivity index (χ0) is 23.0. The SMILES string of the molecule is Cl.Cl.NC(=Nc1ccc(NC(=O)c2ccc(N=C(N)c3ccccn3)cc2)cc1)c1ccccn1. The van der Waals surface area contributed by atoms with Crippen LogP contribution < -0.4 is 16.8 Å². The second kappa shape index (κ2) is 12.8. The summed E-state index contributed by atoms with van der Waals surface area (Å²) < 4.78 is 0. The fourth-order valence-corrected chi connectivity index (χ4v) is 2.93. The first-order valence-corrected chi connectivity index (χ1v) is 10.1. The summed E-state index contributed by atoms with van der Waals surface area (Å²) in [5.74, 6) is 0.380. The van der Waals surface area contributed by atoms with Crippen LogP contribution in [0.25, 0.3) is 0 Å². The molecule has 2 aromatic carbocycles. The van der Waals surface area contributed by atoms with E-state index < -0.39 is 0 Å². The highest BCUT2D eigenvalue weighted by atomic mass is 35.5. The van der Waals surface area contributed by atoms with Crippen LogP contribution in [0, 0.1) is 0 Å². The molecule has 0 saturated carbocycles. The first kappa shape index (κ1) is 27.0. The number of nitrogens with zero attached hydrogens (tertiary/aromatic N) is 4. The molecular weight excluding hydrogens is 485 g/mol. The summed E-state index contributed by atoms with van der Waals surface area (Å²) in [6, 6.07) is 24.8. The van der Waals surface area contributed by atoms with E-state index in [2.05, 4.69) is 25.3 Å². The highest BCUT2D eigenvalue weighted by Gasteiger charge is 2.07. The van der Waals surface area contributed by atoms with Gasteiger partial charge in [-0.1, -0.05) is 12.1 Å². The molecule has 0 spiro atoms. The van der Waals surface area contributed by atoms with Gasteiger partial charge in [-0.25, -0.2) is 9.98 Å². The Morgan fingerprint density at radius 1 is 0.657 bits per heavy atom. The highest BCUT2D eigenvalue weighted by molar-refractivity contribution is 6.04. The van der Waals surface area contributed by atoms with Gasteiger partial charge in [-0.05, 0) is 72.8 Å². The molecule has 0 unspecified atom stereocenters. The van der Waals surface area contributed by atoms with E-state index >= 15 is 0 Å². The largest absolute Gasteiger partial charge is 0.382 e. The van der Waals surface area contributed by atoms with Crippen molar-refractivity contribution in [1.29, 1.82) is 0 Å². The van der Waals surface area contributed by atoms with Crippen molar-refractivity contribution >= 4 is 59.5 Å². The molecule has 0 aliphatic rings. The topological polar surface area (TPSA) is 132 Å². The third-order valence-corrected chi connectivity index (χ3v) is 4.61. The molecular formula is C25H23Cl2N7O. The minimum absolute atomic E-state index is 0. The van der Waals surface area contributed by atoms with Crippen LogP contribution >= 0.6 is 24.8 Å². The van der Waals surface area contributed by atoms with Crippen molar-refractivity contribution in [1.82, 2.24) is 9.97 Å². The van der Waals surface area contributed by atoms with Crippen molar-refractivity contribution in [3.63, 3.8) is 0 Å². The van der Waals surface area contributed by atoms with Crippen LogP contribution in [0.15, 0.2) is 107 Å². The summed E-state index contributed by atoms with van der Waals surface area (Å²) in [6.07, 6.45) is 3.31. The summed E-state index contributed by atoms with van der Waals surface area (Å²) in [5, 5.41) is 2.86.